The predicted molar refractivity (Wildman–Crippen MR) is 89.4 cm³/mol. The van der Waals surface area contributed by atoms with Crippen LogP contribution in [0.2, 0.25) is 0 Å². The number of ether oxygens (including phenoxy) is 1. The first kappa shape index (κ1) is 16.6. The van der Waals surface area contributed by atoms with Crippen molar-refractivity contribution in [3.8, 4) is 11.8 Å². The third kappa shape index (κ3) is 4.86. The molecule has 0 unspecified atom stereocenters. The fraction of sp³-hybridized carbons (Fsp3) is 0.263. The van der Waals surface area contributed by atoms with Crippen molar-refractivity contribution in [2.24, 2.45) is 0 Å². The molecule has 0 spiro atoms. The summed E-state index contributed by atoms with van der Waals surface area (Å²) in [5.41, 5.74) is 2.20. The number of nitriles is 1. The van der Waals surface area contributed by atoms with Crippen molar-refractivity contribution < 1.29 is 9.53 Å². The van der Waals surface area contributed by atoms with Crippen LogP contribution in [-0.4, -0.2) is 19.6 Å². The first-order chi connectivity index (χ1) is 11.2. The summed E-state index contributed by atoms with van der Waals surface area (Å²) < 4.78 is 5.32. The number of carbonyl (C=O) groups excluding carboxylic acids is 1. The lowest BCUT2D eigenvalue weighted by molar-refractivity contribution is 0.0953. The standard InChI is InChI=1S/C19H20N2O2/c1-23-18-11-3-2-8-16(18)9-4-5-12-21-19(22)17-10-6-7-15(13-17)14-20/h2-3,6-8,10-11,13H,4-5,9,12H2,1H3,(H,21,22). The number of unbranched alkanes of at least 4 members (excludes halogenated alkanes) is 1. The van der Waals surface area contributed by atoms with E-state index in [2.05, 4.69) is 11.4 Å². The van der Waals surface area contributed by atoms with Gasteiger partial charge in [0.2, 0.25) is 0 Å². The number of hydrogen-bond donors (Lipinski definition) is 1. The molecule has 0 aliphatic rings. The zero-order valence-corrected chi connectivity index (χ0v) is 13.2. The van der Waals surface area contributed by atoms with Gasteiger partial charge in [-0.05, 0) is 49.1 Å². The quantitative estimate of drug-likeness (QED) is 0.798. The molecule has 0 saturated carbocycles. The minimum atomic E-state index is -0.139. The van der Waals surface area contributed by atoms with Crippen LogP contribution >= 0.6 is 0 Å². The molecule has 0 aliphatic carbocycles. The van der Waals surface area contributed by atoms with Gasteiger partial charge in [0.15, 0.2) is 0 Å². The Morgan fingerprint density at radius 2 is 2.00 bits per heavy atom. The van der Waals surface area contributed by atoms with Crippen LogP contribution in [0.4, 0.5) is 0 Å². The van der Waals surface area contributed by atoms with Crippen molar-refractivity contribution >= 4 is 5.91 Å². The third-order valence-corrected chi connectivity index (χ3v) is 3.60. The third-order valence-electron chi connectivity index (χ3n) is 3.60. The number of methoxy groups -OCH3 is 1. The van der Waals surface area contributed by atoms with E-state index < -0.39 is 0 Å². The molecule has 0 heterocycles. The number of hydrogen-bond acceptors (Lipinski definition) is 3. The fourth-order valence-electron chi connectivity index (χ4n) is 2.38. The SMILES string of the molecule is COc1ccccc1CCCCNC(=O)c1cccc(C#N)c1. The van der Waals surface area contributed by atoms with Crippen molar-refractivity contribution in [2.45, 2.75) is 19.3 Å². The van der Waals surface area contributed by atoms with Crippen LogP contribution in [0, 0.1) is 11.3 Å². The number of rotatable bonds is 7. The minimum absolute atomic E-state index is 0.139. The maximum atomic E-state index is 12.0. The molecule has 0 atom stereocenters. The lowest BCUT2D eigenvalue weighted by atomic mass is 10.1. The lowest BCUT2D eigenvalue weighted by Crippen LogP contribution is -2.24. The van der Waals surface area contributed by atoms with Gasteiger partial charge in [0.05, 0.1) is 18.7 Å². The van der Waals surface area contributed by atoms with Crippen LogP contribution in [0.15, 0.2) is 48.5 Å². The highest BCUT2D eigenvalue weighted by Crippen LogP contribution is 2.19. The number of aryl methyl sites for hydroxylation is 1. The van der Waals surface area contributed by atoms with Gasteiger partial charge >= 0.3 is 0 Å². The van der Waals surface area contributed by atoms with Crippen molar-refractivity contribution in [1.29, 1.82) is 5.26 Å². The first-order valence-corrected chi connectivity index (χ1v) is 7.65. The second kappa shape index (κ2) is 8.60. The van der Waals surface area contributed by atoms with Crippen LogP contribution in [0.3, 0.4) is 0 Å². The first-order valence-electron chi connectivity index (χ1n) is 7.65. The molecule has 1 amide bonds. The summed E-state index contributed by atoms with van der Waals surface area (Å²) in [6, 6.07) is 16.7. The van der Waals surface area contributed by atoms with E-state index in [1.54, 1.807) is 31.4 Å². The monoisotopic (exact) mass is 308 g/mol. The van der Waals surface area contributed by atoms with E-state index >= 15 is 0 Å². The van der Waals surface area contributed by atoms with Crippen molar-refractivity contribution in [3.63, 3.8) is 0 Å². The molecule has 1 N–H and O–H groups in total. The second-order valence-electron chi connectivity index (χ2n) is 5.22. The van der Waals surface area contributed by atoms with Crippen molar-refractivity contribution in [2.75, 3.05) is 13.7 Å². The maximum Gasteiger partial charge on any atom is 0.251 e. The Bertz CT molecular complexity index is 705. The number of para-hydroxylation sites is 1. The normalized spacial score (nSPS) is 9.91. The molecular weight excluding hydrogens is 288 g/mol. The predicted octanol–water partition coefficient (Wildman–Crippen LogP) is 3.32. The summed E-state index contributed by atoms with van der Waals surface area (Å²) in [5.74, 6) is 0.768. The molecule has 0 aliphatic heterocycles. The number of amides is 1. The number of nitrogens with one attached hydrogen (secondary N) is 1. The van der Waals surface area contributed by atoms with E-state index in [0.29, 0.717) is 17.7 Å². The molecule has 0 fully saturated rings. The Labute approximate surface area is 136 Å². The molecule has 2 rings (SSSR count). The summed E-state index contributed by atoms with van der Waals surface area (Å²) in [6.45, 7) is 0.616. The van der Waals surface area contributed by atoms with E-state index in [-0.39, 0.29) is 5.91 Å². The Kier molecular flexibility index (Phi) is 6.19. The van der Waals surface area contributed by atoms with E-state index in [4.69, 9.17) is 10.00 Å². The van der Waals surface area contributed by atoms with Gasteiger partial charge in [0.1, 0.15) is 5.75 Å². The Balaban J connectivity index is 1.75. The second-order valence-corrected chi connectivity index (χ2v) is 5.22. The summed E-state index contributed by atoms with van der Waals surface area (Å²) in [7, 11) is 1.68. The highest BCUT2D eigenvalue weighted by Gasteiger charge is 2.06. The van der Waals surface area contributed by atoms with Gasteiger partial charge in [0.25, 0.3) is 5.91 Å². The largest absolute Gasteiger partial charge is 0.496 e. The smallest absolute Gasteiger partial charge is 0.251 e. The number of carbonyl (C=O) groups is 1. The van der Waals surface area contributed by atoms with Crippen molar-refractivity contribution in [3.05, 3.63) is 65.2 Å². The maximum absolute atomic E-state index is 12.0. The van der Waals surface area contributed by atoms with E-state index in [1.165, 1.54) is 5.56 Å². The highest BCUT2D eigenvalue weighted by atomic mass is 16.5. The lowest BCUT2D eigenvalue weighted by Gasteiger charge is -2.08. The highest BCUT2D eigenvalue weighted by molar-refractivity contribution is 5.94. The Morgan fingerprint density at radius 1 is 1.17 bits per heavy atom. The van der Waals surface area contributed by atoms with E-state index in [9.17, 15) is 4.79 Å². The molecule has 0 radical (unpaired) electrons. The molecule has 0 bridgehead atoms. The fourth-order valence-corrected chi connectivity index (χ4v) is 2.38. The van der Waals surface area contributed by atoms with Crippen LogP contribution < -0.4 is 10.1 Å². The zero-order valence-electron chi connectivity index (χ0n) is 13.2. The molecule has 2 aromatic carbocycles. The van der Waals surface area contributed by atoms with E-state index in [1.807, 2.05) is 24.3 Å². The average Bonchev–Trinajstić information content (AvgIpc) is 2.61. The molecule has 4 heteroatoms. The number of benzene rings is 2. The zero-order chi connectivity index (χ0) is 16.5. The van der Waals surface area contributed by atoms with Gasteiger partial charge < -0.3 is 10.1 Å². The van der Waals surface area contributed by atoms with Gasteiger partial charge in [-0.2, -0.15) is 5.26 Å². The number of nitrogens with zero attached hydrogens (tertiary/aromatic N) is 1. The molecule has 118 valence electrons. The summed E-state index contributed by atoms with van der Waals surface area (Å²) >= 11 is 0. The van der Waals surface area contributed by atoms with Crippen LogP contribution in [0.1, 0.15) is 34.3 Å². The molecule has 0 saturated heterocycles. The summed E-state index contributed by atoms with van der Waals surface area (Å²) in [6.07, 6.45) is 2.78. The molecular formula is C19H20N2O2. The van der Waals surface area contributed by atoms with Crippen LogP contribution in [-0.2, 0) is 6.42 Å². The average molecular weight is 308 g/mol. The van der Waals surface area contributed by atoms with Crippen LogP contribution in [0.5, 0.6) is 5.75 Å². The molecule has 0 aromatic heterocycles. The van der Waals surface area contributed by atoms with Gasteiger partial charge in [-0.1, -0.05) is 24.3 Å². The van der Waals surface area contributed by atoms with Gasteiger partial charge in [-0.25, -0.2) is 0 Å². The Hall–Kier alpha value is -2.80. The molecule has 4 nitrogen and oxygen atoms in total. The van der Waals surface area contributed by atoms with Gasteiger partial charge in [-0.3, -0.25) is 4.79 Å². The summed E-state index contributed by atoms with van der Waals surface area (Å²) in [5, 5.41) is 11.7. The van der Waals surface area contributed by atoms with Crippen LogP contribution in [0.25, 0.3) is 0 Å². The molecule has 23 heavy (non-hydrogen) atoms. The topological polar surface area (TPSA) is 62.1 Å². The molecule has 2 aromatic rings. The van der Waals surface area contributed by atoms with Crippen molar-refractivity contribution in [1.82, 2.24) is 5.32 Å². The van der Waals surface area contributed by atoms with E-state index in [0.717, 1.165) is 25.0 Å². The summed E-state index contributed by atoms with van der Waals surface area (Å²) in [4.78, 5) is 12.0. The van der Waals surface area contributed by atoms with Gasteiger partial charge in [-0.15, -0.1) is 0 Å². The van der Waals surface area contributed by atoms with Gasteiger partial charge in [0, 0.05) is 12.1 Å². The minimum Gasteiger partial charge on any atom is -0.496 e. The Morgan fingerprint density at radius 3 is 2.78 bits per heavy atom.